The highest BCUT2D eigenvalue weighted by molar-refractivity contribution is 5.74. The second kappa shape index (κ2) is 9.99. The summed E-state index contributed by atoms with van der Waals surface area (Å²) in [6.45, 7) is 6.29. The molecular weight excluding hydrogens is 419 g/mol. The van der Waals surface area contributed by atoms with E-state index in [-0.39, 0.29) is 19.7 Å². The molecule has 3 aromatic rings. The zero-order valence-corrected chi connectivity index (χ0v) is 18.3. The van der Waals surface area contributed by atoms with Crippen molar-refractivity contribution in [2.75, 3.05) is 6.61 Å². The maximum Gasteiger partial charge on any atom is 0.416 e. The van der Waals surface area contributed by atoms with Gasteiger partial charge < -0.3 is 10.1 Å². The number of nitrogens with zero attached hydrogens (tertiary/aromatic N) is 2. The maximum atomic E-state index is 13.4. The van der Waals surface area contributed by atoms with Gasteiger partial charge in [-0.05, 0) is 49.6 Å². The number of alkyl halides is 3. The number of hydrogen-bond donors (Lipinski definition) is 1. The molecule has 0 aliphatic carbocycles. The molecule has 1 aromatic heterocycles. The summed E-state index contributed by atoms with van der Waals surface area (Å²) in [4.78, 5) is 11.9. The molecule has 170 valence electrons. The van der Waals surface area contributed by atoms with Crippen molar-refractivity contribution in [3.63, 3.8) is 0 Å². The zero-order valence-electron chi connectivity index (χ0n) is 18.3. The SMILES string of the molecule is CCOC(=O)Cn1nc(C)c(-c2ccc(C(F)(F)F)cc2CNCc2ccccc2)c1C. The summed E-state index contributed by atoms with van der Waals surface area (Å²) in [7, 11) is 0. The monoisotopic (exact) mass is 445 g/mol. The van der Waals surface area contributed by atoms with E-state index in [9.17, 15) is 18.0 Å². The average Bonchev–Trinajstić information content (AvgIpc) is 3.01. The predicted octanol–water partition coefficient (Wildman–Crippen LogP) is 5.04. The molecule has 0 bridgehead atoms. The van der Waals surface area contributed by atoms with Crippen LogP contribution in [0.4, 0.5) is 13.2 Å². The fourth-order valence-corrected chi connectivity index (χ4v) is 3.67. The third-order valence-corrected chi connectivity index (χ3v) is 5.15. The molecule has 0 spiro atoms. The first-order valence-electron chi connectivity index (χ1n) is 10.4. The Labute approximate surface area is 185 Å². The summed E-state index contributed by atoms with van der Waals surface area (Å²) in [6, 6.07) is 13.4. The van der Waals surface area contributed by atoms with E-state index in [1.807, 2.05) is 30.3 Å². The van der Waals surface area contributed by atoms with Gasteiger partial charge in [-0.1, -0.05) is 36.4 Å². The molecule has 3 rings (SSSR count). The molecule has 32 heavy (non-hydrogen) atoms. The van der Waals surface area contributed by atoms with Crippen molar-refractivity contribution in [3.8, 4) is 11.1 Å². The van der Waals surface area contributed by atoms with E-state index in [0.717, 1.165) is 17.2 Å². The Balaban J connectivity index is 1.94. The molecule has 0 unspecified atom stereocenters. The molecule has 0 saturated heterocycles. The first kappa shape index (κ1) is 23.5. The number of aryl methyl sites for hydroxylation is 1. The lowest BCUT2D eigenvalue weighted by Crippen LogP contribution is -2.16. The Morgan fingerprint density at radius 1 is 1.09 bits per heavy atom. The van der Waals surface area contributed by atoms with Crippen molar-refractivity contribution < 1.29 is 22.7 Å². The molecule has 5 nitrogen and oxygen atoms in total. The van der Waals surface area contributed by atoms with Gasteiger partial charge in [0.25, 0.3) is 0 Å². The van der Waals surface area contributed by atoms with Gasteiger partial charge in [0.15, 0.2) is 0 Å². The predicted molar refractivity (Wildman–Crippen MR) is 116 cm³/mol. The molecule has 8 heteroatoms. The molecule has 2 aromatic carbocycles. The molecule has 1 heterocycles. The minimum atomic E-state index is -4.44. The summed E-state index contributed by atoms with van der Waals surface area (Å²) in [5.41, 5.74) is 3.55. The quantitative estimate of drug-likeness (QED) is 0.494. The van der Waals surface area contributed by atoms with Crippen molar-refractivity contribution in [1.82, 2.24) is 15.1 Å². The highest BCUT2D eigenvalue weighted by Gasteiger charge is 2.31. The van der Waals surface area contributed by atoms with Crippen molar-refractivity contribution in [1.29, 1.82) is 0 Å². The second-order valence-electron chi connectivity index (χ2n) is 7.47. The lowest BCUT2D eigenvalue weighted by atomic mass is 9.95. The van der Waals surface area contributed by atoms with Gasteiger partial charge in [0, 0.05) is 24.3 Å². The number of aromatic nitrogens is 2. The van der Waals surface area contributed by atoms with Crippen LogP contribution >= 0.6 is 0 Å². The Bertz CT molecular complexity index is 1080. The molecule has 0 aliphatic rings. The number of benzene rings is 2. The lowest BCUT2D eigenvalue weighted by molar-refractivity contribution is -0.144. The second-order valence-corrected chi connectivity index (χ2v) is 7.47. The van der Waals surface area contributed by atoms with Crippen LogP contribution in [0.5, 0.6) is 0 Å². The van der Waals surface area contributed by atoms with Crippen molar-refractivity contribution in [2.24, 2.45) is 0 Å². The topological polar surface area (TPSA) is 56.2 Å². The van der Waals surface area contributed by atoms with Crippen LogP contribution in [0.2, 0.25) is 0 Å². The van der Waals surface area contributed by atoms with Crippen LogP contribution in [0, 0.1) is 13.8 Å². The largest absolute Gasteiger partial charge is 0.465 e. The number of rotatable bonds is 8. The summed E-state index contributed by atoms with van der Waals surface area (Å²) in [6.07, 6.45) is -4.44. The fourth-order valence-electron chi connectivity index (χ4n) is 3.67. The number of carbonyl (C=O) groups is 1. The van der Waals surface area contributed by atoms with E-state index in [1.54, 1.807) is 20.8 Å². The summed E-state index contributed by atoms with van der Waals surface area (Å²) < 4.78 is 46.7. The van der Waals surface area contributed by atoms with Crippen molar-refractivity contribution >= 4 is 5.97 Å². The molecule has 0 atom stereocenters. The lowest BCUT2D eigenvalue weighted by Gasteiger charge is -2.15. The number of nitrogens with one attached hydrogen (secondary N) is 1. The van der Waals surface area contributed by atoms with Gasteiger partial charge in [-0.2, -0.15) is 18.3 Å². The average molecular weight is 445 g/mol. The first-order chi connectivity index (χ1) is 15.2. The Morgan fingerprint density at radius 3 is 2.47 bits per heavy atom. The third-order valence-electron chi connectivity index (χ3n) is 5.15. The zero-order chi connectivity index (χ0) is 23.3. The number of esters is 1. The molecule has 1 N–H and O–H groups in total. The van der Waals surface area contributed by atoms with Crippen LogP contribution in [0.15, 0.2) is 48.5 Å². The first-order valence-corrected chi connectivity index (χ1v) is 10.4. The normalized spacial score (nSPS) is 11.6. The van der Waals surface area contributed by atoms with Crippen LogP contribution in [-0.2, 0) is 35.3 Å². The number of carbonyl (C=O) groups excluding carboxylic acids is 1. The Kier molecular flexibility index (Phi) is 7.35. The van der Waals surface area contributed by atoms with E-state index in [1.165, 1.54) is 16.8 Å². The molecule has 0 amide bonds. The molecule has 0 fully saturated rings. The Hall–Kier alpha value is -3.13. The number of hydrogen-bond acceptors (Lipinski definition) is 4. The van der Waals surface area contributed by atoms with E-state index >= 15 is 0 Å². The van der Waals surface area contributed by atoms with Gasteiger partial charge in [0.1, 0.15) is 6.54 Å². The van der Waals surface area contributed by atoms with E-state index in [0.29, 0.717) is 29.1 Å². The summed E-state index contributed by atoms with van der Waals surface area (Å²) in [5, 5.41) is 7.65. The Morgan fingerprint density at radius 2 is 1.81 bits per heavy atom. The maximum absolute atomic E-state index is 13.4. The number of ether oxygens (including phenoxy) is 1. The van der Waals surface area contributed by atoms with Crippen LogP contribution in [0.25, 0.3) is 11.1 Å². The van der Waals surface area contributed by atoms with Crippen molar-refractivity contribution in [3.05, 3.63) is 76.6 Å². The van der Waals surface area contributed by atoms with Gasteiger partial charge in [-0.25, -0.2) is 0 Å². The number of halogens is 3. The standard InChI is InChI=1S/C24H26F3N3O2/c1-4-32-22(31)15-30-17(3)23(16(2)29-30)21-11-10-20(24(25,26)27)12-19(21)14-28-13-18-8-6-5-7-9-18/h5-12,28H,4,13-15H2,1-3H3. The van der Waals surface area contributed by atoms with Gasteiger partial charge in [0.05, 0.1) is 17.9 Å². The van der Waals surface area contributed by atoms with Gasteiger partial charge in [-0.15, -0.1) is 0 Å². The molecular formula is C24H26F3N3O2. The summed E-state index contributed by atoms with van der Waals surface area (Å²) >= 11 is 0. The smallest absolute Gasteiger partial charge is 0.416 e. The molecule has 0 radical (unpaired) electrons. The molecule has 0 saturated carbocycles. The minimum Gasteiger partial charge on any atom is -0.465 e. The third kappa shape index (κ3) is 5.56. The van der Waals surface area contributed by atoms with Gasteiger partial charge in [-0.3, -0.25) is 9.48 Å². The summed E-state index contributed by atoms with van der Waals surface area (Å²) in [5.74, 6) is -0.415. The van der Waals surface area contributed by atoms with Gasteiger partial charge >= 0.3 is 12.1 Å². The van der Waals surface area contributed by atoms with Crippen molar-refractivity contribution in [2.45, 2.75) is 46.6 Å². The van der Waals surface area contributed by atoms with E-state index in [2.05, 4.69) is 10.4 Å². The van der Waals surface area contributed by atoms with E-state index < -0.39 is 17.7 Å². The van der Waals surface area contributed by atoms with E-state index in [4.69, 9.17) is 4.74 Å². The fraction of sp³-hybridized carbons (Fsp3) is 0.333. The van der Waals surface area contributed by atoms with Crippen LogP contribution in [0.1, 0.15) is 35.0 Å². The van der Waals surface area contributed by atoms with Crippen LogP contribution in [-0.4, -0.2) is 22.4 Å². The molecule has 0 aliphatic heterocycles. The highest BCUT2D eigenvalue weighted by Crippen LogP contribution is 2.35. The van der Waals surface area contributed by atoms with Crippen LogP contribution < -0.4 is 5.32 Å². The van der Waals surface area contributed by atoms with Gasteiger partial charge in [0.2, 0.25) is 0 Å². The minimum absolute atomic E-state index is 0.0528. The highest BCUT2D eigenvalue weighted by atomic mass is 19.4. The van der Waals surface area contributed by atoms with Crippen LogP contribution in [0.3, 0.4) is 0 Å².